The third-order valence-corrected chi connectivity index (χ3v) is 6.36. The van der Waals surface area contributed by atoms with E-state index in [1.165, 1.54) is 11.8 Å². The van der Waals surface area contributed by atoms with Crippen LogP contribution in [0.4, 0.5) is 0 Å². The summed E-state index contributed by atoms with van der Waals surface area (Å²) in [6.45, 7) is 8.06. The fourth-order valence-electron chi connectivity index (χ4n) is 3.01. The minimum Gasteiger partial charge on any atom is -0.350 e. The Morgan fingerprint density at radius 3 is 2.32 bits per heavy atom. The number of nitrogens with one attached hydrogen (secondary N) is 1. The third-order valence-electron chi connectivity index (χ3n) is 4.63. The smallest absolute Gasteiger partial charge is 0.242 e. The number of carbonyl (C=O) groups excluding carboxylic acids is 2. The topological polar surface area (TPSA) is 49.4 Å². The molecule has 4 nitrogen and oxygen atoms in total. The monoisotopic (exact) mass is 480 g/mol. The highest BCUT2D eigenvalue weighted by Crippen LogP contribution is 2.25. The zero-order chi connectivity index (χ0) is 23.0. The summed E-state index contributed by atoms with van der Waals surface area (Å²) in [5.74, 6) is 0.709. The van der Waals surface area contributed by atoms with Gasteiger partial charge in [0.05, 0.1) is 15.8 Å². The SMILES string of the molecule is C[C@H](C(=O)NC(C)(C)C)N(CCc1ccccc1)C(=O)CSCc1ccc(Cl)c(Cl)c1. The van der Waals surface area contributed by atoms with Crippen molar-refractivity contribution in [3.05, 3.63) is 69.7 Å². The molecule has 0 heterocycles. The number of carbonyl (C=O) groups is 2. The quantitative estimate of drug-likeness (QED) is 0.507. The fraction of sp³-hybridized carbons (Fsp3) is 0.417. The molecule has 0 aliphatic heterocycles. The third kappa shape index (κ3) is 8.76. The van der Waals surface area contributed by atoms with Crippen LogP contribution in [-0.2, 0) is 21.8 Å². The Hall–Kier alpha value is -1.69. The van der Waals surface area contributed by atoms with Crippen LogP contribution in [0.25, 0.3) is 0 Å². The van der Waals surface area contributed by atoms with Crippen LogP contribution < -0.4 is 5.32 Å². The van der Waals surface area contributed by atoms with E-state index in [2.05, 4.69) is 5.32 Å². The Morgan fingerprint density at radius 2 is 1.71 bits per heavy atom. The highest BCUT2D eigenvalue weighted by Gasteiger charge is 2.27. The van der Waals surface area contributed by atoms with Crippen molar-refractivity contribution in [2.24, 2.45) is 0 Å². The first kappa shape index (κ1) is 25.6. The zero-order valence-corrected chi connectivity index (χ0v) is 20.8. The van der Waals surface area contributed by atoms with Gasteiger partial charge in [-0.15, -0.1) is 11.8 Å². The van der Waals surface area contributed by atoms with Crippen molar-refractivity contribution in [3.63, 3.8) is 0 Å². The average Bonchev–Trinajstić information content (AvgIpc) is 2.70. The van der Waals surface area contributed by atoms with Crippen molar-refractivity contribution < 1.29 is 9.59 Å². The van der Waals surface area contributed by atoms with Gasteiger partial charge < -0.3 is 10.2 Å². The molecule has 0 unspecified atom stereocenters. The maximum Gasteiger partial charge on any atom is 0.242 e. The first-order valence-corrected chi connectivity index (χ1v) is 12.1. The standard InChI is InChI=1S/C24H30Cl2N2O2S/c1-17(23(30)27-24(2,3)4)28(13-12-18-8-6-5-7-9-18)22(29)16-31-15-19-10-11-20(25)21(26)14-19/h5-11,14,17H,12-13,15-16H2,1-4H3,(H,27,30)/t17-/m1/s1. The van der Waals surface area contributed by atoms with Gasteiger partial charge in [0.1, 0.15) is 6.04 Å². The Balaban J connectivity index is 2.03. The summed E-state index contributed by atoms with van der Waals surface area (Å²) in [7, 11) is 0. The lowest BCUT2D eigenvalue weighted by atomic mass is 10.1. The van der Waals surface area contributed by atoms with E-state index in [4.69, 9.17) is 23.2 Å². The first-order valence-electron chi connectivity index (χ1n) is 10.2. The van der Waals surface area contributed by atoms with Crippen molar-refractivity contribution in [1.29, 1.82) is 0 Å². The molecular weight excluding hydrogens is 451 g/mol. The van der Waals surface area contributed by atoms with Crippen LogP contribution in [0.5, 0.6) is 0 Å². The molecule has 0 spiro atoms. The van der Waals surface area contributed by atoms with E-state index in [0.29, 0.717) is 28.8 Å². The number of halogens is 2. The van der Waals surface area contributed by atoms with E-state index in [-0.39, 0.29) is 23.1 Å². The van der Waals surface area contributed by atoms with E-state index in [0.717, 1.165) is 11.1 Å². The fourth-order valence-corrected chi connectivity index (χ4v) is 4.19. The van der Waals surface area contributed by atoms with Gasteiger partial charge in [-0.2, -0.15) is 0 Å². The van der Waals surface area contributed by atoms with Crippen LogP contribution in [0.3, 0.4) is 0 Å². The minimum absolute atomic E-state index is 0.0578. The molecule has 0 aliphatic rings. The minimum atomic E-state index is -0.555. The molecule has 2 rings (SSSR count). The molecule has 0 aromatic heterocycles. The average molecular weight is 481 g/mol. The van der Waals surface area contributed by atoms with E-state index < -0.39 is 6.04 Å². The van der Waals surface area contributed by atoms with Crippen LogP contribution >= 0.6 is 35.0 Å². The molecule has 0 fully saturated rings. The van der Waals surface area contributed by atoms with Crippen molar-refractivity contribution in [2.75, 3.05) is 12.3 Å². The van der Waals surface area contributed by atoms with Gasteiger partial charge in [-0.05, 0) is 57.4 Å². The molecule has 168 valence electrons. The summed E-state index contributed by atoms with van der Waals surface area (Å²) >= 11 is 13.5. The summed E-state index contributed by atoms with van der Waals surface area (Å²) in [5, 5.41) is 3.99. The van der Waals surface area contributed by atoms with Gasteiger partial charge in [0, 0.05) is 17.8 Å². The van der Waals surface area contributed by atoms with Crippen LogP contribution in [0.15, 0.2) is 48.5 Å². The lowest BCUT2D eigenvalue weighted by molar-refractivity contribution is -0.138. The molecule has 31 heavy (non-hydrogen) atoms. The van der Waals surface area contributed by atoms with Gasteiger partial charge in [0.25, 0.3) is 0 Å². The van der Waals surface area contributed by atoms with Crippen molar-refractivity contribution in [3.8, 4) is 0 Å². The van der Waals surface area contributed by atoms with Crippen molar-refractivity contribution in [1.82, 2.24) is 10.2 Å². The number of hydrogen-bond acceptors (Lipinski definition) is 3. The first-order chi connectivity index (χ1) is 14.6. The van der Waals surface area contributed by atoms with Gasteiger partial charge in [0.15, 0.2) is 0 Å². The molecule has 0 saturated carbocycles. The predicted octanol–water partition coefficient (Wildman–Crippen LogP) is 5.60. The Morgan fingerprint density at radius 1 is 1.03 bits per heavy atom. The zero-order valence-electron chi connectivity index (χ0n) is 18.5. The second-order valence-corrected chi connectivity index (χ2v) is 10.3. The summed E-state index contributed by atoms with van der Waals surface area (Å²) < 4.78 is 0. The molecule has 0 bridgehead atoms. The highest BCUT2D eigenvalue weighted by molar-refractivity contribution is 7.99. The lowest BCUT2D eigenvalue weighted by Crippen LogP contribution is -2.53. The van der Waals surface area contributed by atoms with Gasteiger partial charge in [-0.1, -0.05) is 59.6 Å². The Labute approximate surface area is 199 Å². The molecule has 1 N–H and O–H groups in total. The molecule has 1 atom stereocenters. The Kier molecular flexibility index (Phi) is 9.73. The van der Waals surface area contributed by atoms with Gasteiger partial charge in [0.2, 0.25) is 11.8 Å². The number of thioether (sulfide) groups is 1. The van der Waals surface area contributed by atoms with E-state index in [1.807, 2.05) is 63.2 Å². The largest absolute Gasteiger partial charge is 0.350 e. The van der Waals surface area contributed by atoms with Crippen molar-refractivity contribution >= 4 is 46.8 Å². The number of amides is 2. The second kappa shape index (κ2) is 11.8. The highest BCUT2D eigenvalue weighted by atomic mass is 35.5. The molecule has 7 heteroatoms. The summed E-state index contributed by atoms with van der Waals surface area (Å²) in [6, 6.07) is 14.9. The van der Waals surface area contributed by atoms with Crippen LogP contribution in [0, 0.1) is 0 Å². The lowest BCUT2D eigenvalue weighted by Gasteiger charge is -2.31. The number of rotatable bonds is 9. The molecule has 2 amide bonds. The summed E-state index contributed by atoms with van der Waals surface area (Å²) in [6.07, 6.45) is 0.692. The molecule has 0 radical (unpaired) electrons. The number of hydrogen-bond donors (Lipinski definition) is 1. The van der Waals surface area contributed by atoms with E-state index >= 15 is 0 Å². The van der Waals surface area contributed by atoms with Gasteiger partial charge >= 0.3 is 0 Å². The molecule has 0 aliphatic carbocycles. The summed E-state index contributed by atoms with van der Waals surface area (Å²) in [4.78, 5) is 27.5. The normalized spacial score (nSPS) is 12.3. The maximum atomic E-state index is 13.1. The van der Waals surface area contributed by atoms with Crippen LogP contribution in [0.2, 0.25) is 10.0 Å². The molecular formula is C24H30Cl2N2O2S. The number of nitrogens with zero attached hydrogens (tertiary/aromatic N) is 1. The van der Waals surface area contributed by atoms with E-state index in [9.17, 15) is 9.59 Å². The maximum absolute atomic E-state index is 13.1. The summed E-state index contributed by atoms with van der Waals surface area (Å²) in [5.41, 5.74) is 1.77. The van der Waals surface area contributed by atoms with Crippen LogP contribution in [-0.4, -0.2) is 40.6 Å². The molecule has 2 aromatic carbocycles. The Bertz CT molecular complexity index is 885. The van der Waals surface area contributed by atoms with Crippen LogP contribution in [0.1, 0.15) is 38.8 Å². The predicted molar refractivity (Wildman–Crippen MR) is 132 cm³/mol. The van der Waals surface area contributed by atoms with Gasteiger partial charge in [-0.3, -0.25) is 9.59 Å². The second-order valence-electron chi connectivity index (χ2n) is 8.48. The van der Waals surface area contributed by atoms with Crippen molar-refractivity contribution in [2.45, 2.75) is 51.4 Å². The number of benzene rings is 2. The molecule has 0 saturated heterocycles. The molecule has 2 aromatic rings. The van der Waals surface area contributed by atoms with Gasteiger partial charge in [-0.25, -0.2) is 0 Å². The van der Waals surface area contributed by atoms with E-state index in [1.54, 1.807) is 17.9 Å².